The number of halogens is 1. The first-order valence-electron chi connectivity index (χ1n) is 8.44. The fourth-order valence-electron chi connectivity index (χ4n) is 2.77. The number of aryl methyl sites for hydroxylation is 1. The lowest BCUT2D eigenvalue weighted by atomic mass is 10.3. The molecule has 1 saturated heterocycles. The predicted octanol–water partition coefficient (Wildman–Crippen LogP) is 2.21. The quantitative estimate of drug-likeness (QED) is 0.768. The summed E-state index contributed by atoms with van der Waals surface area (Å²) in [4.78, 5) is 21.5. The standard InChI is InChI=1S/C17H23ClN4O3/c1-22(10-13-11-24-7-8-25-13)17(23)19-6-2-3-16-20-14-5-4-12(18)9-15(14)21-16/h4-5,9,13H,2-3,6-8,10-11H2,1H3,(H,19,23)(H,20,21)/t13-/m0/s1. The highest BCUT2D eigenvalue weighted by Crippen LogP contribution is 2.17. The Bertz CT molecular complexity index is 715. The number of nitrogens with zero attached hydrogens (tertiary/aromatic N) is 2. The molecule has 8 heteroatoms. The van der Waals surface area contributed by atoms with Gasteiger partial charge < -0.3 is 24.7 Å². The molecule has 1 aliphatic rings. The molecule has 2 N–H and O–H groups in total. The number of hydrogen-bond acceptors (Lipinski definition) is 4. The van der Waals surface area contributed by atoms with Crippen LogP contribution in [0.1, 0.15) is 12.2 Å². The average Bonchev–Trinajstić information content (AvgIpc) is 3.01. The van der Waals surface area contributed by atoms with Gasteiger partial charge in [0.1, 0.15) is 5.82 Å². The van der Waals surface area contributed by atoms with Crippen molar-refractivity contribution in [3.63, 3.8) is 0 Å². The zero-order chi connectivity index (χ0) is 17.6. The molecule has 0 radical (unpaired) electrons. The lowest BCUT2D eigenvalue weighted by molar-refractivity contribution is -0.0928. The Morgan fingerprint density at radius 1 is 1.48 bits per heavy atom. The topological polar surface area (TPSA) is 79.5 Å². The zero-order valence-electron chi connectivity index (χ0n) is 14.3. The Labute approximate surface area is 151 Å². The summed E-state index contributed by atoms with van der Waals surface area (Å²) in [5, 5.41) is 3.60. The van der Waals surface area contributed by atoms with Crippen LogP contribution in [0.5, 0.6) is 0 Å². The van der Waals surface area contributed by atoms with E-state index in [1.54, 1.807) is 11.9 Å². The monoisotopic (exact) mass is 366 g/mol. The first kappa shape index (κ1) is 18.0. The van der Waals surface area contributed by atoms with Crippen LogP contribution < -0.4 is 5.32 Å². The van der Waals surface area contributed by atoms with Gasteiger partial charge in [0.2, 0.25) is 0 Å². The number of amides is 2. The minimum atomic E-state index is -0.106. The Hall–Kier alpha value is -1.83. The van der Waals surface area contributed by atoms with Crippen LogP contribution in [-0.2, 0) is 15.9 Å². The summed E-state index contributed by atoms with van der Waals surface area (Å²) in [6, 6.07) is 5.48. The number of carbonyl (C=O) groups is 1. The highest BCUT2D eigenvalue weighted by Gasteiger charge is 2.19. The molecule has 1 fully saturated rings. The molecule has 3 rings (SSSR count). The van der Waals surface area contributed by atoms with Gasteiger partial charge in [0.05, 0.1) is 43.5 Å². The van der Waals surface area contributed by atoms with Crippen LogP contribution in [0.3, 0.4) is 0 Å². The van der Waals surface area contributed by atoms with Crippen molar-refractivity contribution in [1.82, 2.24) is 20.2 Å². The number of benzene rings is 1. The number of ether oxygens (including phenoxy) is 2. The molecule has 1 aliphatic heterocycles. The van der Waals surface area contributed by atoms with Gasteiger partial charge in [-0.1, -0.05) is 11.6 Å². The van der Waals surface area contributed by atoms with Crippen LogP contribution in [-0.4, -0.2) is 67.0 Å². The van der Waals surface area contributed by atoms with Gasteiger partial charge in [-0.3, -0.25) is 0 Å². The van der Waals surface area contributed by atoms with Gasteiger partial charge >= 0.3 is 6.03 Å². The van der Waals surface area contributed by atoms with Crippen LogP contribution in [0, 0.1) is 0 Å². The maximum Gasteiger partial charge on any atom is 0.317 e. The Balaban J connectivity index is 1.38. The number of hydrogen-bond donors (Lipinski definition) is 2. The van der Waals surface area contributed by atoms with Gasteiger partial charge in [-0.05, 0) is 24.6 Å². The molecule has 0 unspecified atom stereocenters. The highest BCUT2D eigenvalue weighted by atomic mass is 35.5. The first-order chi connectivity index (χ1) is 12.1. The summed E-state index contributed by atoms with van der Waals surface area (Å²) in [7, 11) is 1.76. The minimum absolute atomic E-state index is 0.0492. The van der Waals surface area contributed by atoms with E-state index in [4.69, 9.17) is 21.1 Å². The summed E-state index contributed by atoms with van der Waals surface area (Å²) >= 11 is 5.97. The minimum Gasteiger partial charge on any atom is -0.376 e. The van der Waals surface area contributed by atoms with E-state index in [-0.39, 0.29) is 12.1 Å². The fourth-order valence-corrected chi connectivity index (χ4v) is 2.94. The predicted molar refractivity (Wildman–Crippen MR) is 96.0 cm³/mol. The molecule has 136 valence electrons. The van der Waals surface area contributed by atoms with Crippen molar-refractivity contribution in [2.24, 2.45) is 0 Å². The van der Waals surface area contributed by atoms with Gasteiger partial charge in [-0.15, -0.1) is 0 Å². The molecule has 7 nitrogen and oxygen atoms in total. The Morgan fingerprint density at radius 3 is 3.16 bits per heavy atom. The van der Waals surface area contributed by atoms with Gasteiger partial charge in [-0.25, -0.2) is 9.78 Å². The Kier molecular flexibility index (Phi) is 6.12. The largest absolute Gasteiger partial charge is 0.376 e. The number of nitrogens with one attached hydrogen (secondary N) is 2. The van der Waals surface area contributed by atoms with Crippen molar-refractivity contribution in [2.75, 3.05) is 40.0 Å². The molecular formula is C17H23ClN4O3. The zero-order valence-corrected chi connectivity index (χ0v) is 15.0. The third kappa shape index (κ3) is 5.07. The molecule has 1 atom stereocenters. The summed E-state index contributed by atoms with van der Waals surface area (Å²) in [5.41, 5.74) is 1.83. The number of likely N-dealkylation sites (N-methyl/N-ethyl adjacent to an activating group) is 1. The fraction of sp³-hybridized carbons (Fsp3) is 0.529. The van der Waals surface area contributed by atoms with Gasteiger partial charge in [-0.2, -0.15) is 0 Å². The summed E-state index contributed by atoms with van der Waals surface area (Å²) in [6.45, 7) is 2.86. The second kappa shape index (κ2) is 8.51. The molecule has 0 spiro atoms. The molecule has 2 amide bonds. The van der Waals surface area contributed by atoms with Crippen molar-refractivity contribution in [1.29, 1.82) is 0 Å². The second-order valence-electron chi connectivity index (χ2n) is 6.13. The average molecular weight is 367 g/mol. The third-order valence-corrected chi connectivity index (χ3v) is 4.30. The van der Waals surface area contributed by atoms with E-state index in [1.807, 2.05) is 18.2 Å². The molecule has 1 aromatic heterocycles. The van der Waals surface area contributed by atoms with E-state index in [0.29, 0.717) is 37.9 Å². The second-order valence-corrected chi connectivity index (χ2v) is 6.57. The van der Waals surface area contributed by atoms with Crippen LogP contribution in [0.2, 0.25) is 5.02 Å². The van der Waals surface area contributed by atoms with Crippen molar-refractivity contribution < 1.29 is 14.3 Å². The number of imidazole rings is 1. The number of fused-ring (bicyclic) bond motifs is 1. The number of aromatic nitrogens is 2. The first-order valence-corrected chi connectivity index (χ1v) is 8.82. The normalized spacial score (nSPS) is 17.6. The van der Waals surface area contributed by atoms with Crippen molar-refractivity contribution in [2.45, 2.75) is 18.9 Å². The molecular weight excluding hydrogens is 344 g/mol. The molecule has 25 heavy (non-hydrogen) atoms. The summed E-state index contributed by atoms with van der Waals surface area (Å²) < 4.78 is 10.9. The molecule has 1 aromatic carbocycles. The lowest BCUT2D eigenvalue weighted by Gasteiger charge is -2.27. The molecule has 0 aliphatic carbocycles. The van der Waals surface area contributed by atoms with Gasteiger partial charge in [0, 0.05) is 25.0 Å². The number of rotatable bonds is 6. The number of H-pyrrole nitrogens is 1. The maximum absolute atomic E-state index is 12.1. The highest BCUT2D eigenvalue weighted by molar-refractivity contribution is 6.31. The summed E-state index contributed by atoms with van der Waals surface area (Å²) in [5.74, 6) is 0.896. The van der Waals surface area contributed by atoms with Crippen LogP contribution >= 0.6 is 11.6 Å². The van der Waals surface area contributed by atoms with Gasteiger partial charge in [0.25, 0.3) is 0 Å². The molecule has 0 bridgehead atoms. The number of urea groups is 1. The van der Waals surface area contributed by atoms with Crippen LogP contribution in [0.25, 0.3) is 11.0 Å². The lowest BCUT2D eigenvalue weighted by Crippen LogP contribution is -2.45. The Morgan fingerprint density at radius 2 is 2.36 bits per heavy atom. The van der Waals surface area contributed by atoms with Crippen molar-refractivity contribution in [3.05, 3.63) is 29.0 Å². The maximum atomic E-state index is 12.1. The van der Waals surface area contributed by atoms with Crippen molar-refractivity contribution >= 4 is 28.7 Å². The molecule has 2 aromatic rings. The van der Waals surface area contributed by atoms with E-state index in [0.717, 1.165) is 29.7 Å². The van der Waals surface area contributed by atoms with E-state index in [1.165, 1.54) is 0 Å². The number of carbonyl (C=O) groups excluding carboxylic acids is 1. The third-order valence-electron chi connectivity index (χ3n) is 4.07. The van der Waals surface area contributed by atoms with Crippen LogP contribution in [0.15, 0.2) is 18.2 Å². The molecule has 0 saturated carbocycles. The van der Waals surface area contributed by atoms with E-state index < -0.39 is 0 Å². The number of aromatic amines is 1. The smallest absolute Gasteiger partial charge is 0.317 e. The van der Waals surface area contributed by atoms with Crippen LogP contribution in [0.4, 0.5) is 4.79 Å². The van der Waals surface area contributed by atoms with Gasteiger partial charge in [0.15, 0.2) is 0 Å². The van der Waals surface area contributed by atoms with E-state index in [9.17, 15) is 4.79 Å². The van der Waals surface area contributed by atoms with E-state index >= 15 is 0 Å². The molecule has 2 heterocycles. The SMILES string of the molecule is CN(C[C@H]1COCCO1)C(=O)NCCCc1nc2ccc(Cl)cc2[nH]1. The van der Waals surface area contributed by atoms with Crippen molar-refractivity contribution in [3.8, 4) is 0 Å². The van der Waals surface area contributed by atoms with E-state index in [2.05, 4.69) is 15.3 Å². The summed E-state index contributed by atoms with van der Waals surface area (Å²) in [6.07, 6.45) is 1.51.